The van der Waals surface area contributed by atoms with Gasteiger partial charge in [-0.25, -0.2) is 4.39 Å². The zero-order chi connectivity index (χ0) is 20.2. The van der Waals surface area contributed by atoms with Crippen LogP contribution >= 0.6 is 24.0 Å². The van der Waals surface area contributed by atoms with Gasteiger partial charge in [-0.05, 0) is 49.2 Å². The molecule has 6 nitrogen and oxygen atoms in total. The van der Waals surface area contributed by atoms with Crippen molar-refractivity contribution in [1.82, 2.24) is 10.6 Å². The molecule has 29 heavy (non-hydrogen) atoms. The molecule has 160 valence electrons. The molecule has 0 saturated carbocycles. The summed E-state index contributed by atoms with van der Waals surface area (Å²) in [6.45, 7) is 1.94. The molecular formula is C21H29FIN3O3. The van der Waals surface area contributed by atoms with Gasteiger partial charge in [-0.2, -0.15) is 0 Å². The smallest absolute Gasteiger partial charge is 0.191 e. The summed E-state index contributed by atoms with van der Waals surface area (Å²) in [6.07, 6.45) is 1.81. The van der Waals surface area contributed by atoms with Gasteiger partial charge in [-0.15, -0.1) is 24.0 Å². The molecule has 0 radical (unpaired) electrons. The Labute approximate surface area is 188 Å². The molecule has 0 aliphatic carbocycles. The van der Waals surface area contributed by atoms with E-state index < -0.39 is 0 Å². The van der Waals surface area contributed by atoms with Crippen molar-refractivity contribution in [3.05, 3.63) is 53.8 Å². The van der Waals surface area contributed by atoms with E-state index in [0.717, 1.165) is 42.4 Å². The predicted octanol–water partition coefficient (Wildman–Crippen LogP) is 3.99. The van der Waals surface area contributed by atoms with Gasteiger partial charge in [0.2, 0.25) is 0 Å². The zero-order valence-corrected chi connectivity index (χ0v) is 19.4. The number of unbranched alkanes of at least 4 members (excludes halogenated alkanes) is 1. The maximum absolute atomic E-state index is 12.8. The molecule has 0 atom stereocenters. The topological polar surface area (TPSA) is 64.1 Å². The van der Waals surface area contributed by atoms with Crippen LogP contribution in [0.3, 0.4) is 0 Å². The zero-order valence-electron chi connectivity index (χ0n) is 17.0. The highest BCUT2D eigenvalue weighted by molar-refractivity contribution is 14.0. The van der Waals surface area contributed by atoms with Crippen LogP contribution in [0.2, 0.25) is 0 Å². The van der Waals surface area contributed by atoms with Crippen molar-refractivity contribution < 1.29 is 18.6 Å². The largest absolute Gasteiger partial charge is 0.497 e. The Hall–Kier alpha value is -2.23. The minimum absolute atomic E-state index is 0. The van der Waals surface area contributed by atoms with Gasteiger partial charge in [-0.3, -0.25) is 4.99 Å². The quantitative estimate of drug-likeness (QED) is 0.216. The van der Waals surface area contributed by atoms with Gasteiger partial charge < -0.3 is 24.8 Å². The van der Waals surface area contributed by atoms with Gasteiger partial charge in [0.25, 0.3) is 0 Å². The predicted molar refractivity (Wildman–Crippen MR) is 124 cm³/mol. The van der Waals surface area contributed by atoms with Crippen molar-refractivity contribution in [3.63, 3.8) is 0 Å². The molecule has 2 aromatic rings. The van der Waals surface area contributed by atoms with E-state index in [-0.39, 0.29) is 29.8 Å². The average molecular weight is 517 g/mol. The van der Waals surface area contributed by atoms with Crippen LogP contribution in [0, 0.1) is 5.82 Å². The monoisotopic (exact) mass is 517 g/mol. The lowest BCUT2D eigenvalue weighted by molar-refractivity contribution is 0.306. The van der Waals surface area contributed by atoms with E-state index in [1.54, 1.807) is 33.4 Å². The second-order valence-electron chi connectivity index (χ2n) is 6.04. The minimum atomic E-state index is -0.261. The summed E-state index contributed by atoms with van der Waals surface area (Å²) in [7, 11) is 5.00. The van der Waals surface area contributed by atoms with Crippen LogP contribution in [0.25, 0.3) is 0 Å². The van der Waals surface area contributed by atoms with E-state index in [0.29, 0.717) is 18.9 Å². The highest BCUT2D eigenvalue weighted by Gasteiger charge is 2.06. The summed E-state index contributed by atoms with van der Waals surface area (Å²) in [5, 5.41) is 6.55. The minimum Gasteiger partial charge on any atom is -0.497 e. The van der Waals surface area contributed by atoms with E-state index >= 15 is 0 Å². The molecule has 2 N–H and O–H groups in total. The van der Waals surface area contributed by atoms with Gasteiger partial charge in [0.1, 0.15) is 23.1 Å². The number of nitrogens with one attached hydrogen (secondary N) is 2. The van der Waals surface area contributed by atoms with Crippen LogP contribution in [0.5, 0.6) is 17.2 Å². The van der Waals surface area contributed by atoms with Crippen molar-refractivity contribution in [2.75, 3.05) is 34.4 Å². The van der Waals surface area contributed by atoms with Crippen LogP contribution in [-0.2, 0) is 6.54 Å². The molecule has 0 unspecified atom stereocenters. The second-order valence-corrected chi connectivity index (χ2v) is 6.04. The van der Waals surface area contributed by atoms with E-state index in [9.17, 15) is 4.39 Å². The number of nitrogens with zero attached hydrogens (tertiary/aromatic N) is 1. The Kier molecular flexibility index (Phi) is 11.9. The molecule has 0 aliphatic heterocycles. The summed E-state index contributed by atoms with van der Waals surface area (Å²) < 4.78 is 29.0. The Morgan fingerprint density at radius 2 is 1.69 bits per heavy atom. The molecule has 0 fully saturated rings. The third kappa shape index (κ3) is 8.76. The molecule has 0 saturated heterocycles. The standard InChI is InChI=1S/C21H28FN3O3.HI/c1-23-21(25-15-16-6-9-19(26-2)14-20(16)27-3)24-12-4-5-13-28-18-10-7-17(22)8-11-18;/h6-11,14H,4-5,12-13,15H2,1-3H3,(H2,23,24,25);1H. The summed E-state index contributed by atoms with van der Waals surface area (Å²) in [4.78, 5) is 4.23. The first-order valence-electron chi connectivity index (χ1n) is 9.20. The SMILES string of the molecule is CN=C(NCCCCOc1ccc(F)cc1)NCc1ccc(OC)cc1OC.I. The Morgan fingerprint density at radius 3 is 2.34 bits per heavy atom. The molecule has 0 amide bonds. The maximum Gasteiger partial charge on any atom is 0.191 e. The number of rotatable bonds is 10. The van der Waals surface area contributed by atoms with Gasteiger partial charge in [-0.1, -0.05) is 0 Å². The molecule has 0 aliphatic rings. The van der Waals surface area contributed by atoms with Crippen LogP contribution in [0.1, 0.15) is 18.4 Å². The lowest BCUT2D eigenvalue weighted by Gasteiger charge is -2.14. The van der Waals surface area contributed by atoms with Crippen molar-refractivity contribution in [2.45, 2.75) is 19.4 Å². The fourth-order valence-electron chi connectivity index (χ4n) is 2.55. The van der Waals surface area contributed by atoms with Gasteiger partial charge >= 0.3 is 0 Å². The van der Waals surface area contributed by atoms with Crippen molar-refractivity contribution in [1.29, 1.82) is 0 Å². The number of guanidine groups is 1. The lowest BCUT2D eigenvalue weighted by Crippen LogP contribution is -2.37. The third-order valence-electron chi connectivity index (χ3n) is 4.11. The van der Waals surface area contributed by atoms with Crippen molar-refractivity contribution >= 4 is 29.9 Å². The highest BCUT2D eigenvalue weighted by atomic mass is 127. The Bertz CT molecular complexity index is 757. The number of ether oxygens (including phenoxy) is 3. The molecule has 2 aromatic carbocycles. The number of benzene rings is 2. The fraction of sp³-hybridized carbons (Fsp3) is 0.381. The number of aliphatic imine (C=N–C) groups is 1. The normalized spacial score (nSPS) is 10.7. The van der Waals surface area contributed by atoms with Crippen molar-refractivity contribution in [2.24, 2.45) is 4.99 Å². The van der Waals surface area contributed by atoms with Crippen LogP contribution < -0.4 is 24.8 Å². The highest BCUT2D eigenvalue weighted by Crippen LogP contribution is 2.24. The van der Waals surface area contributed by atoms with Crippen molar-refractivity contribution in [3.8, 4) is 17.2 Å². The molecule has 8 heteroatoms. The average Bonchev–Trinajstić information content (AvgIpc) is 2.73. The molecule has 2 rings (SSSR count). The number of hydrogen-bond acceptors (Lipinski definition) is 4. The molecule has 0 bridgehead atoms. The third-order valence-corrected chi connectivity index (χ3v) is 4.11. The summed E-state index contributed by atoms with van der Waals surface area (Å²) >= 11 is 0. The number of methoxy groups -OCH3 is 2. The number of hydrogen-bond donors (Lipinski definition) is 2. The van der Waals surface area contributed by atoms with E-state index in [1.165, 1.54) is 12.1 Å². The molecule has 0 spiro atoms. The van der Waals surface area contributed by atoms with Gasteiger partial charge in [0.05, 0.1) is 20.8 Å². The van der Waals surface area contributed by atoms with Crippen LogP contribution in [-0.4, -0.2) is 40.4 Å². The molecule has 0 heterocycles. The summed E-state index contributed by atoms with van der Waals surface area (Å²) in [5.74, 6) is 2.66. The first-order chi connectivity index (χ1) is 13.7. The lowest BCUT2D eigenvalue weighted by atomic mass is 10.2. The van der Waals surface area contributed by atoms with Gasteiger partial charge in [0, 0.05) is 31.8 Å². The van der Waals surface area contributed by atoms with E-state index in [4.69, 9.17) is 14.2 Å². The summed E-state index contributed by atoms with van der Waals surface area (Å²) in [5.41, 5.74) is 1.01. The number of halogens is 2. The fourth-order valence-corrected chi connectivity index (χ4v) is 2.55. The summed E-state index contributed by atoms with van der Waals surface area (Å²) in [6, 6.07) is 11.8. The second kappa shape index (κ2) is 13.9. The van der Waals surface area contributed by atoms with Crippen LogP contribution in [0.15, 0.2) is 47.5 Å². The van der Waals surface area contributed by atoms with Crippen LogP contribution in [0.4, 0.5) is 4.39 Å². The Morgan fingerprint density at radius 1 is 0.966 bits per heavy atom. The molecule has 0 aromatic heterocycles. The maximum atomic E-state index is 12.8. The molecular weight excluding hydrogens is 488 g/mol. The van der Waals surface area contributed by atoms with E-state index in [1.807, 2.05) is 18.2 Å². The first-order valence-corrected chi connectivity index (χ1v) is 9.20. The van der Waals surface area contributed by atoms with Gasteiger partial charge in [0.15, 0.2) is 5.96 Å². The first kappa shape index (κ1) is 24.8. The Balaban J connectivity index is 0.00000420. The van der Waals surface area contributed by atoms with E-state index in [2.05, 4.69) is 15.6 Å².